The molecule has 1 N–H and O–H groups in total. The smallest absolute Gasteiger partial charge is 0.335 e. The number of benzene rings is 1. The monoisotopic (exact) mass is 482 g/mol. The van der Waals surface area contributed by atoms with Crippen molar-refractivity contribution < 1.29 is 26.4 Å². The lowest BCUT2D eigenvalue weighted by Crippen LogP contribution is -2.48. The van der Waals surface area contributed by atoms with Crippen LogP contribution in [0.3, 0.4) is 0 Å². The normalized spacial score (nSPS) is 17.8. The predicted molar refractivity (Wildman–Crippen MR) is 117 cm³/mol. The molecule has 3 heterocycles. The van der Waals surface area contributed by atoms with Gasteiger partial charge in [0, 0.05) is 50.4 Å². The number of likely N-dealkylation sites (tertiary alicyclic amines) is 1. The minimum atomic E-state index is -4.44. The largest absolute Gasteiger partial charge is 0.433 e. The number of nitrogens with one attached hydrogen (secondary N) is 1. The number of fused-ring (bicyclic) bond motifs is 1. The van der Waals surface area contributed by atoms with Gasteiger partial charge in [-0.15, -0.1) is 0 Å². The minimum absolute atomic E-state index is 0.00109. The fourth-order valence-corrected chi connectivity index (χ4v) is 4.92. The molecule has 0 unspecified atom stereocenters. The van der Waals surface area contributed by atoms with E-state index in [1.807, 2.05) is 0 Å². The summed E-state index contributed by atoms with van der Waals surface area (Å²) in [5.74, 6) is 0. The Morgan fingerprint density at radius 1 is 1.15 bits per heavy atom. The Balaban J connectivity index is 1.29. The van der Waals surface area contributed by atoms with Crippen molar-refractivity contribution in [3.8, 4) is 0 Å². The van der Waals surface area contributed by atoms with Gasteiger partial charge < -0.3 is 5.32 Å². The predicted octanol–water partition coefficient (Wildman–Crippen LogP) is 3.24. The number of nitrogens with zero attached hydrogens (tertiary/aromatic N) is 3. The number of pyridine rings is 1. The molecular formula is C22H25F3N4O3S. The molecule has 0 bridgehead atoms. The van der Waals surface area contributed by atoms with Crippen LogP contribution in [0.1, 0.15) is 29.7 Å². The van der Waals surface area contributed by atoms with Crippen molar-refractivity contribution >= 4 is 21.6 Å². The summed E-state index contributed by atoms with van der Waals surface area (Å²) in [6.45, 7) is 2.42. The average Bonchev–Trinajstić information content (AvgIpc) is 3.18. The number of alkyl halides is 3. The summed E-state index contributed by atoms with van der Waals surface area (Å²) in [6, 6.07) is 7.07. The molecule has 1 fully saturated rings. The van der Waals surface area contributed by atoms with Gasteiger partial charge in [0.05, 0.1) is 4.90 Å². The molecule has 0 aliphatic carbocycles. The maximum atomic E-state index is 12.8. The molecular weight excluding hydrogens is 457 g/mol. The highest BCUT2D eigenvalue weighted by molar-refractivity contribution is 7.90. The topological polar surface area (TPSA) is 82.6 Å². The number of hydrogen-bond acceptors (Lipinski definition) is 5. The zero-order valence-corrected chi connectivity index (χ0v) is 18.9. The molecule has 1 saturated heterocycles. The first-order valence-corrected chi connectivity index (χ1v) is 12.6. The first kappa shape index (κ1) is 23.5. The summed E-state index contributed by atoms with van der Waals surface area (Å²) in [7, 11) is -3.30. The first-order chi connectivity index (χ1) is 15.5. The number of aromatic nitrogens is 1. The molecule has 2 aliphatic rings. The Morgan fingerprint density at radius 2 is 1.88 bits per heavy atom. The zero-order valence-electron chi connectivity index (χ0n) is 18.1. The summed E-state index contributed by atoms with van der Waals surface area (Å²) >= 11 is 0. The van der Waals surface area contributed by atoms with Crippen molar-refractivity contribution in [3.05, 3.63) is 53.3 Å². The molecule has 0 spiro atoms. The first-order valence-electron chi connectivity index (χ1n) is 10.7. The highest BCUT2D eigenvalue weighted by Crippen LogP contribution is 2.31. The van der Waals surface area contributed by atoms with E-state index in [1.54, 1.807) is 17.0 Å². The third kappa shape index (κ3) is 5.47. The minimum Gasteiger partial charge on any atom is -0.335 e. The second-order valence-electron chi connectivity index (χ2n) is 8.51. The van der Waals surface area contributed by atoms with Gasteiger partial charge in [-0.3, -0.25) is 14.8 Å². The van der Waals surface area contributed by atoms with Gasteiger partial charge in [0.15, 0.2) is 9.84 Å². The number of hydrogen-bond donors (Lipinski definition) is 1. The van der Waals surface area contributed by atoms with Gasteiger partial charge in [-0.25, -0.2) is 13.2 Å². The van der Waals surface area contributed by atoms with E-state index in [-0.39, 0.29) is 17.0 Å². The lowest BCUT2D eigenvalue weighted by molar-refractivity contribution is -0.141. The summed E-state index contributed by atoms with van der Waals surface area (Å²) in [6.07, 6.45) is 0.0407. The third-order valence-corrected chi connectivity index (χ3v) is 7.17. The number of piperidine rings is 1. The number of amides is 2. The van der Waals surface area contributed by atoms with Gasteiger partial charge in [0.2, 0.25) is 0 Å². The number of carbonyl (C=O) groups excluding carboxylic acids is 1. The van der Waals surface area contributed by atoms with Crippen molar-refractivity contribution in [2.24, 2.45) is 0 Å². The van der Waals surface area contributed by atoms with Gasteiger partial charge in [-0.05, 0) is 54.7 Å². The van der Waals surface area contributed by atoms with E-state index >= 15 is 0 Å². The van der Waals surface area contributed by atoms with E-state index in [0.29, 0.717) is 38.2 Å². The fourth-order valence-electron chi connectivity index (χ4n) is 4.25. The second kappa shape index (κ2) is 8.94. The molecule has 7 nitrogen and oxygen atoms in total. The summed E-state index contributed by atoms with van der Waals surface area (Å²) in [5, 5.41) is 3.06. The van der Waals surface area contributed by atoms with Crippen LogP contribution in [0.5, 0.6) is 0 Å². The van der Waals surface area contributed by atoms with Crippen molar-refractivity contribution in [1.29, 1.82) is 0 Å². The molecule has 2 aromatic rings. The van der Waals surface area contributed by atoms with E-state index in [2.05, 4.69) is 15.2 Å². The van der Waals surface area contributed by atoms with Gasteiger partial charge in [-0.2, -0.15) is 13.2 Å². The number of urea groups is 1. The van der Waals surface area contributed by atoms with Gasteiger partial charge in [-0.1, -0.05) is 6.07 Å². The SMILES string of the molecule is CS(=O)(=O)c1ccc2c(c1)CCN2C(=O)NC1CCN(Cc2ccc(C(F)(F)F)nc2)CC1. The maximum absolute atomic E-state index is 12.8. The number of sulfone groups is 1. The highest BCUT2D eigenvalue weighted by atomic mass is 32.2. The molecule has 33 heavy (non-hydrogen) atoms. The lowest BCUT2D eigenvalue weighted by Gasteiger charge is -2.33. The Bertz CT molecular complexity index is 1130. The van der Waals surface area contributed by atoms with Crippen LogP contribution in [0.25, 0.3) is 0 Å². The number of rotatable bonds is 4. The molecule has 0 saturated carbocycles. The molecule has 1 aromatic heterocycles. The highest BCUT2D eigenvalue weighted by Gasteiger charge is 2.32. The summed E-state index contributed by atoms with van der Waals surface area (Å²) < 4.78 is 61.5. The quantitative estimate of drug-likeness (QED) is 0.724. The van der Waals surface area contributed by atoms with Crippen LogP contribution in [0, 0.1) is 0 Å². The molecule has 2 aliphatic heterocycles. The van der Waals surface area contributed by atoms with Crippen LogP contribution in [0.2, 0.25) is 0 Å². The molecule has 0 atom stereocenters. The third-order valence-electron chi connectivity index (χ3n) is 6.06. The van der Waals surface area contributed by atoms with Crippen molar-refractivity contribution in [2.45, 2.75) is 42.9 Å². The molecule has 2 amide bonds. The van der Waals surface area contributed by atoms with Crippen LogP contribution < -0.4 is 10.2 Å². The molecule has 0 radical (unpaired) electrons. The van der Waals surface area contributed by atoms with Crippen molar-refractivity contribution in [1.82, 2.24) is 15.2 Å². The van der Waals surface area contributed by atoms with E-state index in [0.717, 1.165) is 36.4 Å². The molecule has 4 rings (SSSR count). The number of anilines is 1. The van der Waals surface area contributed by atoms with Crippen LogP contribution in [-0.4, -0.2) is 56.3 Å². The Kier molecular flexibility index (Phi) is 6.37. The Hall–Kier alpha value is -2.66. The van der Waals surface area contributed by atoms with E-state index in [9.17, 15) is 26.4 Å². The van der Waals surface area contributed by atoms with Gasteiger partial charge >= 0.3 is 12.2 Å². The van der Waals surface area contributed by atoms with Crippen LogP contribution in [-0.2, 0) is 29.0 Å². The van der Waals surface area contributed by atoms with Crippen LogP contribution in [0.15, 0.2) is 41.4 Å². The molecule has 1 aromatic carbocycles. The lowest BCUT2D eigenvalue weighted by atomic mass is 10.0. The second-order valence-corrected chi connectivity index (χ2v) is 10.5. The summed E-state index contributed by atoms with van der Waals surface area (Å²) in [4.78, 5) is 20.3. The fraction of sp³-hybridized carbons (Fsp3) is 0.455. The van der Waals surface area contributed by atoms with Gasteiger partial charge in [0.1, 0.15) is 5.69 Å². The zero-order chi connectivity index (χ0) is 23.8. The van der Waals surface area contributed by atoms with Crippen molar-refractivity contribution in [3.63, 3.8) is 0 Å². The average molecular weight is 483 g/mol. The van der Waals surface area contributed by atoms with E-state index < -0.39 is 21.7 Å². The summed E-state index contributed by atoms with van der Waals surface area (Å²) in [5.41, 5.74) is 1.39. The number of carbonyl (C=O) groups is 1. The molecule has 11 heteroatoms. The Morgan fingerprint density at radius 3 is 2.48 bits per heavy atom. The van der Waals surface area contributed by atoms with Crippen LogP contribution in [0.4, 0.5) is 23.7 Å². The standard InChI is InChI=1S/C22H25F3N4O3S/c1-33(31,32)18-3-4-19-16(12-18)6-11-29(19)21(30)27-17-7-9-28(10-8-17)14-15-2-5-20(26-13-15)22(23,24)25/h2-5,12-13,17H,6-11,14H2,1H3,(H,27,30). The van der Waals surface area contributed by atoms with Gasteiger partial charge in [0.25, 0.3) is 0 Å². The maximum Gasteiger partial charge on any atom is 0.433 e. The van der Waals surface area contributed by atoms with E-state index in [1.165, 1.54) is 18.3 Å². The number of halogens is 3. The Labute approximate surface area is 190 Å². The van der Waals surface area contributed by atoms with Crippen molar-refractivity contribution in [2.75, 3.05) is 30.8 Å². The van der Waals surface area contributed by atoms with E-state index in [4.69, 9.17) is 0 Å². The molecule has 178 valence electrons. The van der Waals surface area contributed by atoms with Crippen LogP contribution >= 0.6 is 0 Å².